The fraction of sp³-hybridized carbons (Fsp3) is 0.235. The van der Waals surface area contributed by atoms with Gasteiger partial charge in [0.2, 0.25) is 5.91 Å². The number of aromatic nitrogens is 3. The van der Waals surface area contributed by atoms with E-state index in [2.05, 4.69) is 15.5 Å². The molecule has 3 rings (SSSR count). The van der Waals surface area contributed by atoms with Crippen molar-refractivity contribution >= 4 is 5.91 Å². The molecule has 24 heavy (non-hydrogen) atoms. The van der Waals surface area contributed by atoms with Crippen molar-refractivity contribution in [2.75, 3.05) is 6.54 Å². The average molecular weight is 328 g/mol. The van der Waals surface area contributed by atoms with Crippen molar-refractivity contribution in [1.29, 1.82) is 0 Å². The quantitative estimate of drug-likeness (QED) is 0.676. The van der Waals surface area contributed by atoms with Crippen LogP contribution in [-0.4, -0.2) is 27.2 Å². The number of amides is 1. The molecule has 124 valence electrons. The first kappa shape index (κ1) is 15.9. The monoisotopic (exact) mass is 328 g/mol. The predicted molar refractivity (Wildman–Crippen MR) is 85.5 cm³/mol. The van der Waals surface area contributed by atoms with Crippen LogP contribution in [0.2, 0.25) is 0 Å². The van der Waals surface area contributed by atoms with Crippen LogP contribution in [0.1, 0.15) is 12.1 Å². The standard InChI is InChI=1S/C17H17FN4O2/c18-14-4-2-13(3-5-14)16-10-15(21-24-16)11-17(23)20-6-1-8-22-9-7-19-12-22/h2-5,7,9-10,12H,1,6,8,11H2,(H,20,23). The summed E-state index contributed by atoms with van der Waals surface area (Å²) in [6, 6.07) is 7.61. The molecule has 0 bridgehead atoms. The lowest BCUT2D eigenvalue weighted by atomic mass is 10.1. The number of nitrogens with one attached hydrogen (secondary N) is 1. The molecule has 0 saturated heterocycles. The fourth-order valence-corrected chi connectivity index (χ4v) is 2.28. The van der Waals surface area contributed by atoms with Crippen LogP contribution in [0.25, 0.3) is 11.3 Å². The van der Waals surface area contributed by atoms with Crippen molar-refractivity contribution in [2.24, 2.45) is 0 Å². The van der Waals surface area contributed by atoms with E-state index in [0.717, 1.165) is 18.5 Å². The van der Waals surface area contributed by atoms with Crippen molar-refractivity contribution in [3.05, 3.63) is 60.6 Å². The Balaban J connectivity index is 1.45. The predicted octanol–water partition coefficient (Wildman–Crippen LogP) is 2.43. The molecular weight excluding hydrogens is 311 g/mol. The molecule has 0 atom stereocenters. The Hall–Kier alpha value is -2.96. The first-order valence-corrected chi connectivity index (χ1v) is 7.65. The lowest BCUT2D eigenvalue weighted by molar-refractivity contribution is -0.120. The molecule has 1 amide bonds. The van der Waals surface area contributed by atoms with E-state index in [-0.39, 0.29) is 18.1 Å². The normalized spacial score (nSPS) is 10.7. The summed E-state index contributed by atoms with van der Waals surface area (Å²) in [5, 5.41) is 6.73. The van der Waals surface area contributed by atoms with Crippen LogP contribution in [0.4, 0.5) is 4.39 Å². The maximum Gasteiger partial charge on any atom is 0.226 e. The van der Waals surface area contributed by atoms with Gasteiger partial charge in [0, 0.05) is 37.1 Å². The Bertz CT molecular complexity index is 781. The molecule has 0 aliphatic heterocycles. The van der Waals surface area contributed by atoms with E-state index in [9.17, 15) is 9.18 Å². The van der Waals surface area contributed by atoms with Crippen molar-refractivity contribution in [3.8, 4) is 11.3 Å². The van der Waals surface area contributed by atoms with E-state index in [0.29, 0.717) is 18.0 Å². The Morgan fingerprint density at radius 2 is 2.12 bits per heavy atom. The minimum atomic E-state index is -0.312. The number of benzene rings is 1. The summed E-state index contributed by atoms with van der Waals surface area (Å²) in [6.07, 6.45) is 6.32. The third kappa shape index (κ3) is 4.28. The maximum atomic E-state index is 12.9. The smallest absolute Gasteiger partial charge is 0.226 e. The number of halogens is 1. The first-order chi connectivity index (χ1) is 11.7. The minimum absolute atomic E-state index is 0.111. The Kier molecular flexibility index (Phi) is 5.00. The molecule has 6 nitrogen and oxygen atoms in total. The van der Waals surface area contributed by atoms with Gasteiger partial charge in [-0.3, -0.25) is 4.79 Å². The third-order valence-corrected chi connectivity index (χ3v) is 3.50. The number of nitrogens with zero attached hydrogens (tertiary/aromatic N) is 3. The molecule has 7 heteroatoms. The molecule has 3 aromatic rings. The molecule has 0 aliphatic carbocycles. The molecule has 2 aromatic heterocycles. The second kappa shape index (κ2) is 7.54. The second-order valence-electron chi connectivity index (χ2n) is 5.37. The summed E-state index contributed by atoms with van der Waals surface area (Å²) in [5.74, 6) is 0.0889. The Morgan fingerprint density at radius 3 is 2.88 bits per heavy atom. The van der Waals surface area contributed by atoms with E-state index < -0.39 is 0 Å². The highest BCUT2D eigenvalue weighted by Crippen LogP contribution is 2.20. The van der Waals surface area contributed by atoms with Gasteiger partial charge in [0.1, 0.15) is 5.82 Å². The molecule has 1 aromatic carbocycles. The number of aryl methyl sites for hydroxylation is 1. The number of carbonyl (C=O) groups excluding carboxylic acids is 1. The van der Waals surface area contributed by atoms with Crippen molar-refractivity contribution < 1.29 is 13.7 Å². The summed E-state index contributed by atoms with van der Waals surface area (Å²) in [7, 11) is 0. The topological polar surface area (TPSA) is 73.0 Å². The van der Waals surface area contributed by atoms with E-state index in [1.807, 2.05) is 10.8 Å². The molecule has 0 aliphatic rings. The molecule has 0 spiro atoms. The zero-order valence-corrected chi connectivity index (χ0v) is 13.0. The van der Waals surface area contributed by atoms with E-state index in [1.165, 1.54) is 12.1 Å². The highest BCUT2D eigenvalue weighted by Gasteiger charge is 2.10. The highest BCUT2D eigenvalue weighted by atomic mass is 19.1. The van der Waals surface area contributed by atoms with Gasteiger partial charge in [0.05, 0.1) is 18.4 Å². The van der Waals surface area contributed by atoms with Gasteiger partial charge >= 0.3 is 0 Å². The fourth-order valence-electron chi connectivity index (χ4n) is 2.28. The van der Waals surface area contributed by atoms with Crippen LogP contribution in [0.5, 0.6) is 0 Å². The summed E-state index contributed by atoms with van der Waals surface area (Å²) in [4.78, 5) is 15.9. The van der Waals surface area contributed by atoms with E-state index >= 15 is 0 Å². The van der Waals surface area contributed by atoms with Crippen LogP contribution in [0.3, 0.4) is 0 Å². The Morgan fingerprint density at radius 1 is 1.29 bits per heavy atom. The third-order valence-electron chi connectivity index (χ3n) is 3.50. The van der Waals surface area contributed by atoms with Crippen LogP contribution in [0, 0.1) is 5.82 Å². The number of hydrogen-bond acceptors (Lipinski definition) is 4. The van der Waals surface area contributed by atoms with Gasteiger partial charge in [0.15, 0.2) is 5.76 Å². The van der Waals surface area contributed by atoms with Gasteiger partial charge in [-0.15, -0.1) is 0 Å². The molecule has 1 N–H and O–H groups in total. The summed E-state index contributed by atoms with van der Waals surface area (Å²) in [6.45, 7) is 1.39. The van der Waals surface area contributed by atoms with Crippen LogP contribution < -0.4 is 5.32 Å². The van der Waals surface area contributed by atoms with Gasteiger partial charge in [-0.25, -0.2) is 9.37 Å². The summed E-state index contributed by atoms with van der Waals surface area (Å²) < 4.78 is 20.1. The lowest BCUT2D eigenvalue weighted by Crippen LogP contribution is -2.26. The van der Waals surface area contributed by atoms with E-state index in [1.54, 1.807) is 30.7 Å². The number of imidazole rings is 1. The molecule has 0 unspecified atom stereocenters. The molecular formula is C17H17FN4O2. The van der Waals surface area contributed by atoms with Gasteiger partial charge < -0.3 is 14.4 Å². The van der Waals surface area contributed by atoms with Gasteiger partial charge in [-0.05, 0) is 30.7 Å². The van der Waals surface area contributed by atoms with Crippen LogP contribution in [-0.2, 0) is 17.8 Å². The van der Waals surface area contributed by atoms with Crippen molar-refractivity contribution in [3.63, 3.8) is 0 Å². The molecule has 2 heterocycles. The number of hydrogen-bond donors (Lipinski definition) is 1. The van der Waals surface area contributed by atoms with Gasteiger partial charge in [0.25, 0.3) is 0 Å². The van der Waals surface area contributed by atoms with Crippen molar-refractivity contribution in [2.45, 2.75) is 19.4 Å². The minimum Gasteiger partial charge on any atom is -0.356 e. The maximum absolute atomic E-state index is 12.9. The summed E-state index contributed by atoms with van der Waals surface area (Å²) >= 11 is 0. The first-order valence-electron chi connectivity index (χ1n) is 7.65. The second-order valence-corrected chi connectivity index (χ2v) is 5.37. The molecule has 0 saturated carbocycles. The Labute approximate surface area is 138 Å². The van der Waals surface area contributed by atoms with Gasteiger partial charge in [-0.2, -0.15) is 0 Å². The molecule has 0 radical (unpaired) electrons. The average Bonchev–Trinajstić information content (AvgIpc) is 3.24. The van der Waals surface area contributed by atoms with E-state index in [4.69, 9.17) is 4.52 Å². The largest absolute Gasteiger partial charge is 0.356 e. The van der Waals surface area contributed by atoms with Crippen LogP contribution in [0.15, 0.2) is 53.6 Å². The number of carbonyl (C=O) groups is 1. The number of rotatable bonds is 7. The zero-order valence-electron chi connectivity index (χ0n) is 13.0. The van der Waals surface area contributed by atoms with Gasteiger partial charge in [-0.1, -0.05) is 5.16 Å². The SMILES string of the molecule is O=C(Cc1cc(-c2ccc(F)cc2)on1)NCCCn1ccnc1. The summed E-state index contributed by atoms with van der Waals surface area (Å²) in [5.41, 5.74) is 1.26. The van der Waals surface area contributed by atoms with Crippen molar-refractivity contribution in [1.82, 2.24) is 20.0 Å². The van der Waals surface area contributed by atoms with Crippen LogP contribution >= 0.6 is 0 Å². The lowest BCUT2D eigenvalue weighted by Gasteiger charge is -2.04. The zero-order chi connectivity index (χ0) is 16.8. The highest BCUT2D eigenvalue weighted by molar-refractivity contribution is 5.78. The molecule has 0 fully saturated rings.